The van der Waals surface area contributed by atoms with E-state index in [0.717, 1.165) is 23.9 Å². The van der Waals surface area contributed by atoms with Crippen LogP contribution in [0.5, 0.6) is 0 Å². The second-order valence-corrected chi connectivity index (χ2v) is 7.49. The molecule has 2 amide bonds. The highest BCUT2D eigenvalue weighted by Gasteiger charge is 2.23. The van der Waals surface area contributed by atoms with Crippen LogP contribution in [0.25, 0.3) is 11.1 Å². The number of aliphatic hydroxyl groups excluding tert-OH is 1. The van der Waals surface area contributed by atoms with E-state index in [4.69, 9.17) is 4.42 Å². The molecule has 0 radical (unpaired) electrons. The zero-order valence-electron chi connectivity index (χ0n) is 14.5. The number of hydrogen-bond acceptors (Lipinski definition) is 4. The van der Waals surface area contributed by atoms with Gasteiger partial charge in [0, 0.05) is 30.8 Å². The smallest absolute Gasteiger partial charge is 0.321 e. The summed E-state index contributed by atoms with van der Waals surface area (Å²) in [6.07, 6.45) is 1.70. The number of benzene rings is 1. The van der Waals surface area contributed by atoms with Crippen molar-refractivity contribution in [2.24, 2.45) is 5.92 Å². The molecule has 0 spiro atoms. The number of piperidine rings is 1. The van der Waals surface area contributed by atoms with Gasteiger partial charge in [-0.25, -0.2) is 9.78 Å². The molecule has 1 aliphatic rings. The fourth-order valence-corrected chi connectivity index (χ4v) is 2.85. The molecule has 6 nitrogen and oxygen atoms in total. The van der Waals surface area contributed by atoms with Crippen molar-refractivity contribution in [1.82, 2.24) is 9.88 Å². The lowest BCUT2D eigenvalue weighted by Crippen LogP contribution is -2.41. The molecule has 6 heteroatoms. The predicted molar refractivity (Wildman–Crippen MR) is 93.1 cm³/mol. The molecular formula is C18H25N3O3. The second kappa shape index (κ2) is 6.43. The number of nitrogens with zero attached hydrogens (tertiary/aromatic N) is 2. The number of amides is 2. The number of likely N-dealkylation sites (tertiary alicyclic amines) is 1. The third-order valence-electron chi connectivity index (χ3n) is 4.44. The number of anilines is 1. The minimum atomic E-state index is -0.153. The molecule has 0 unspecified atom stereocenters. The number of aliphatic hydroxyl groups is 1. The normalized spacial score (nSPS) is 16.6. The number of aromatic nitrogens is 1. The van der Waals surface area contributed by atoms with Crippen molar-refractivity contribution >= 4 is 22.8 Å². The van der Waals surface area contributed by atoms with E-state index in [1.165, 1.54) is 0 Å². The summed E-state index contributed by atoms with van der Waals surface area (Å²) in [6.45, 7) is 7.71. The van der Waals surface area contributed by atoms with Crippen LogP contribution in [0.1, 0.15) is 39.5 Å². The lowest BCUT2D eigenvalue weighted by Gasteiger charge is -2.31. The second-order valence-electron chi connectivity index (χ2n) is 7.49. The van der Waals surface area contributed by atoms with Crippen LogP contribution in [0.2, 0.25) is 0 Å². The molecule has 0 bridgehead atoms. The first kappa shape index (κ1) is 16.8. The van der Waals surface area contributed by atoms with Crippen LogP contribution in [0, 0.1) is 5.92 Å². The molecule has 0 atom stereocenters. The fraction of sp³-hybridized carbons (Fsp3) is 0.556. The molecule has 0 saturated carbocycles. The fourth-order valence-electron chi connectivity index (χ4n) is 2.85. The van der Waals surface area contributed by atoms with Crippen molar-refractivity contribution in [3.63, 3.8) is 0 Å². The van der Waals surface area contributed by atoms with E-state index in [9.17, 15) is 9.90 Å². The lowest BCUT2D eigenvalue weighted by molar-refractivity contribution is 0.143. The summed E-state index contributed by atoms with van der Waals surface area (Å²) >= 11 is 0. The molecule has 1 fully saturated rings. The van der Waals surface area contributed by atoms with Crippen LogP contribution in [0.15, 0.2) is 22.6 Å². The van der Waals surface area contributed by atoms with Crippen molar-refractivity contribution in [2.75, 3.05) is 25.0 Å². The number of urea groups is 1. The highest BCUT2D eigenvalue weighted by atomic mass is 16.3. The van der Waals surface area contributed by atoms with Crippen LogP contribution >= 0.6 is 0 Å². The maximum absolute atomic E-state index is 12.4. The number of rotatable bonds is 2. The number of carbonyl (C=O) groups is 1. The maximum Gasteiger partial charge on any atom is 0.321 e. The number of fused-ring (bicyclic) bond motifs is 1. The summed E-state index contributed by atoms with van der Waals surface area (Å²) < 4.78 is 5.78. The van der Waals surface area contributed by atoms with Crippen molar-refractivity contribution < 1.29 is 14.3 Å². The third-order valence-corrected chi connectivity index (χ3v) is 4.44. The summed E-state index contributed by atoms with van der Waals surface area (Å²) in [5.41, 5.74) is 2.03. The quantitative estimate of drug-likeness (QED) is 0.884. The monoisotopic (exact) mass is 331 g/mol. The standard InChI is InChI=1S/C18H25N3O3/c1-18(2,3)16-20-14-10-13(4-5-15(14)24-16)19-17(23)21-8-6-12(11-22)7-9-21/h4-5,10,12,22H,6-9,11H2,1-3H3,(H,19,23). The van der Waals surface area contributed by atoms with Gasteiger partial charge in [0.05, 0.1) is 0 Å². The molecule has 2 N–H and O–H groups in total. The molecule has 1 aromatic heterocycles. The van der Waals surface area contributed by atoms with Gasteiger partial charge in [0.1, 0.15) is 5.52 Å². The van der Waals surface area contributed by atoms with E-state index in [1.54, 1.807) is 4.90 Å². The molecule has 24 heavy (non-hydrogen) atoms. The van der Waals surface area contributed by atoms with Crippen LogP contribution in [0.3, 0.4) is 0 Å². The average molecular weight is 331 g/mol. The van der Waals surface area contributed by atoms with E-state index in [1.807, 2.05) is 18.2 Å². The lowest BCUT2D eigenvalue weighted by atomic mass is 9.97. The van der Waals surface area contributed by atoms with Crippen LogP contribution in [-0.4, -0.2) is 40.7 Å². The van der Waals surface area contributed by atoms with Crippen molar-refractivity contribution in [3.8, 4) is 0 Å². The van der Waals surface area contributed by atoms with Gasteiger partial charge < -0.3 is 19.7 Å². The molecule has 1 aliphatic heterocycles. The van der Waals surface area contributed by atoms with Gasteiger partial charge in [0.2, 0.25) is 5.89 Å². The van der Waals surface area contributed by atoms with Crippen LogP contribution in [-0.2, 0) is 5.41 Å². The zero-order chi connectivity index (χ0) is 17.3. The Labute approximate surface area is 141 Å². The SMILES string of the molecule is CC(C)(C)c1nc2cc(NC(=O)N3CCC(CO)CC3)ccc2o1. The summed E-state index contributed by atoms with van der Waals surface area (Å²) in [5.74, 6) is 1.00. The van der Waals surface area contributed by atoms with Gasteiger partial charge in [-0.15, -0.1) is 0 Å². The van der Waals surface area contributed by atoms with E-state index < -0.39 is 0 Å². The van der Waals surface area contributed by atoms with Crippen LogP contribution in [0.4, 0.5) is 10.5 Å². The predicted octanol–water partition coefficient (Wildman–Crippen LogP) is 3.36. The molecule has 130 valence electrons. The highest BCUT2D eigenvalue weighted by Crippen LogP contribution is 2.27. The van der Waals surface area contributed by atoms with Crippen molar-refractivity contribution in [1.29, 1.82) is 0 Å². The first-order valence-electron chi connectivity index (χ1n) is 8.44. The van der Waals surface area contributed by atoms with Gasteiger partial charge in [0.25, 0.3) is 0 Å². The van der Waals surface area contributed by atoms with Gasteiger partial charge >= 0.3 is 6.03 Å². The molecular weight excluding hydrogens is 306 g/mol. The van der Waals surface area contributed by atoms with Gasteiger partial charge in [-0.2, -0.15) is 0 Å². The third kappa shape index (κ3) is 3.53. The minimum absolute atomic E-state index is 0.106. The Balaban J connectivity index is 1.70. The Morgan fingerprint density at radius 1 is 1.38 bits per heavy atom. The number of hydrogen-bond donors (Lipinski definition) is 2. The Hall–Kier alpha value is -2.08. The average Bonchev–Trinajstić information content (AvgIpc) is 2.98. The summed E-state index contributed by atoms with van der Waals surface area (Å²) in [7, 11) is 0. The topological polar surface area (TPSA) is 78.6 Å². The zero-order valence-corrected chi connectivity index (χ0v) is 14.5. The van der Waals surface area contributed by atoms with E-state index in [-0.39, 0.29) is 18.1 Å². The largest absolute Gasteiger partial charge is 0.440 e. The van der Waals surface area contributed by atoms with Gasteiger partial charge in [0.15, 0.2) is 5.58 Å². The summed E-state index contributed by atoms with van der Waals surface area (Å²) in [4.78, 5) is 18.7. The number of carbonyl (C=O) groups excluding carboxylic acids is 1. The van der Waals surface area contributed by atoms with E-state index in [2.05, 4.69) is 31.1 Å². The molecule has 1 aromatic carbocycles. The van der Waals surface area contributed by atoms with Gasteiger partial charge in [-0.05, 0) is 37.0 Å². The Morgan fingerprint density at radius 2 is 2.08 bits per heavy atom. The highest BCUT2D eigenvalue weighted by molar-refractivity contribution is 5.91. The van der Waals surface area contributed by atoms with E-state index >= 15 is 0 Å². The Bertz CT molecular complexity index is 725. The molecule has 1 saturated heterocycles. The number of oxazole rings is 1. The Morgan fingerprint density at radius 3 is 2.71 bits per heavy atom. The first-order valence-corrected chi connectivity index (χ1v) is 8.44. The first-order chi connectivity index (χ1) is 11.4. The molecule has 0 aliphatic carbocycles. The Kier molecular flexibility index (Phi) is 4.49. The van der Waals surface area contributed by atoms with E-state index in [0.29, 0.717) is 30.6 Å². The number of nitrogens with one attached hydrogen (secondary N) is 1. The van der Waals surface area contributed by atoms with Crippen molar-refractivity contribution in [3.05, 3.63) is 24.1 Å². The van der Waals surface area contributed by atoms with Gasteiger partial charge in [-0.1, -0.05) is 20.8 Å². The van der Waals surface area contributed by atoms with Gasteiger partial charge in [-0.3, -0.25) is 0 Å². The van der Waals surface area contributed by atoms with Crippen LogP contribution < -0.4 is 5.32 Å². The molecule has 2 aromatic rings. The summed E-state index contributed by atoms with van der Waals surface area (Å²) in [5, 5.41) is 12.1. The summed E-state index contributed by atoms with van der Waals surface area (Å²) in [6, 6.07) is 5.40. The molecule has 2 heterocycles. The molecule has 3 rings (SSSR count). The van der Waals surface area contributed by atoms with Crippen molar-refractivity contribution in [2.45, 2.75) is 39.0 Å². The maximum atomic E-state index is 12.4. The minimum Gasteiger partial charge on any atom is -0.440 e.